The number of carbonyl (C=O) groups excluding carboxylic acids is 2. The molecule has 0 aromatic heterocycles. The minimum atomic E-state index is -4.79. The van der Waals surface area contributed by atoms with E-state index in [9.17, 15) is 22.8 Å². The van der Waals surface area contributed by atoms with Gasteiger partial charge in [0.1, 0.15) is 0 Å². The average molecular weight is 253 g/mol. The summed E-state index contributed by atoms with van der Waals surface area (Å²) < 4.78 is 40.7. The van der Waals surface area contributed by atoms with Crippen LogP contribution in [0.15, 0.2) is 0 Å². The molecule has 0 amide bonds. The van der Waals surface area contributed by atoms with Crippen molar-refractivity contribution in [3.8, 4) is 0 Å². The molecule has 0 saturated carbocycles. The lowest BCUT2D eigenvalue weighted by molar-refractivity contribution is -0.172. The molecule has 0 spiro atoms. The molecule has 0 bridgehead atoms. The minimum absolute atomic E-state index is 0.251. The third-order valence-electron chi connectivity index (χ3n) is 2.77. The lowest BCUT2D eigenvalue weighted by Crippen LogP contribution is -2.41. The highest BCUT2D eigenvalue weighted by atomic mass is 19.4. The Hall–Kier alpha value is -1.11. The highest BCUT2D eigenvalue weighted by Gasteiger charge is 2.40. The number of rotatable bonds is 3. The van der Waals surface area contributed by atoms with Crippen molar-refractivity contribution < 1.29 is 27.5 Å². The van der Waals surface area contributed by atoms with Gasteiger partial charge in [-0.3, -0.25) is 9.59 Å². The zero-order chi connectivity index (χ0) is 13.1. The number of hydrogen-bond acceptors (Lipinski definition) is 4. The van der Waals surface area contributed by atoms with Gasteiger partial charge in [-0.15, -0.1) is 0 Å². The van der Waals surface area contributed by atoms with Crippen LogP contribution in [0.1, 0.15) is 12.8 Å². The van der Waals surface area contributed by atoms with Gasteiger partial charge >= 0.3 is 12.1 Å². The number of hydrogen-bond donors (Lipinski definition) is 1. The Balaban J connectivity index is 2.50. The number of alkyl halides is 3. The van der Waals surface area contributed by atoms with Crippen molar-refractivity contribution in [3.63, 3.8) is 0 Å². The zero-order valence-electron chi connectivity index (χ0n) is 9.34. The Kier molecular flexibility index (Phi) is 4.50. The van der Waals surface area contributed by atoms with Crippen molar-refractivity contribution >= 4 is 11.8 Å². The molecule has 0 radical (unpaired) electrons. The van der Waals surface area contributed by atoms with E-state index >= 15 is 0 Å². The Morgan fingerprint density at radius 1 is 1.35 bits per heavy atom. The second-order valence-corrected chi connectivity index (χ2v) is 4.11. The van der Waals surface area contributed by atoms with E-state index in [1.807, 2.05) is 0 Å². The van der Waals surface area contributed by atoms with E-state index in [4.69, 9.17) is 0 Å². The summed E-state index contributed by atoms with van der Waals surface area (Å²) in [5.74, 6) is -3.14. The SMILES string of the molecule is COC(=O)C1CNCC(CC(=O)C(F)(F)F)C1. The summed E-state index contributed by atoms with van der Waals surface area (Å²) in [6.07, 6.45) is -5.12. The number of nitrogens with one attached hydrogen (secondary N) is 1. The summed E-state index contributed by atoms with van der Waals surface area (Å²) in [7, 11) is 1.23. The van der Waals surface area contributed by atoms with Crippen LogP contribution in [0.4, 0.5) is 13.2 Å². The number of piperidine rings is 1. The summed E-state index contributed by atoms with van der Waals surface area (Å²) >= 11 is 0. The van der Waals surface area contributed by atoms with E-state index in [0.717, 1.165) is 0 Å². The first kappa shape index (κ1) is 14.0. The zero-order valence-corrected chi connectivity index (χ0v) is 9.34. The van der Waals surface area contributed by atoms with E-state index in [1.165, 1.54) is 7.11 Å². The van der Waals surface area contributed by atoms with Crippen molar-refractivity contribution in [3.05, 3.63) is 0 Å². The van der Waals surface area contributed by atoms with E-state index < -0.39 is 36.2 Å². The molecule has 1 heterocycles. The molecule has 4 nitrogen and oxygen atoms in total. The number of ether oxygens (including phenoxy) is 1. The van der Waals surface area contributed by atoms with Crippen LogP contribution < -0.4 is 5.32 Å². The lowest BCUT2D eigenvalue weighted by Gasteiger charge is -2.28. The van der Waals surface area contributed by atoms with Crippen molar-refractivity contribution in [1.29, 1.82) is 0 Å². The molecule has 17 heavy (non-hydrogen) atoms. The van der Waals surface area contributed by atoms with Gasteiger partial charge in [-0.1, -0.05) is 0 Å². The molecule has 98 valence electrons. The molecule has 1 saturated heterocycles. The van der Waals surface area contributed by atoms with Crippen molar-refractivity contribution in [2.45, 2.75) is 19.0 Å². The molecule has 0 aliphatic carbocycles. The average Bonchev–Trinajstić information content (AvgIpc) is 2.27. The molecular formula is C10H14F3NO3. The van der Waals surface area contributed by atoms with Gasteiger partial charge in [-0.25, -0.2) is 0 Å². The van der Waals surface area contributed by atoms with Gasteiger partial charge in [0.05, 0.1) is 13.0 Å². The quantitative estimate of drug-likeness (QED) is 0.759. The van der Waals surface area contributed by atoms with Crippen molar-refractivity contribution in [2.24, 2.45) is 11.8 Å². The first-order valence-corrected chi connectivity index (χ1v) is 5.23. The molecule has 0 aromatic carbocycles. The highest BCUT2D eigenvalue weighted by molar-refractivity contribution is 5.84. The van der Waals surface area contributed by atoms with Crippen LogP contribution >= 0.6 is 0 Å². The van der Waals surface area contributed by atoms with Crippen LogP contribution in [0.25, 0.3) is 0 Å². The first-order chi connectivity index (χ1) is 7.84. The van der Waals surface area contributed by atoms with Gasteiger partial charge in [0.2, 0.25) is 5.78 Å². The monoisotopic (exact) mass is 253 g/mol. The Labute approximate surface area is 96.5 Å². The molecule has 1 N–H and O–H groups in total. The summed E-state index contributed by atoms with van der Waals surface area (Å²) in [6.45, 7) is 0.693. The predicted molar refractivity (Wildman–Crippen MR) is 52.2 cm³/mol. The summed E-state index contributed by atoms with van der Waals surface area (Å²) in [5, 5.41) is 2.84. The van der Waals surface area contributed by atoms with Crippen LogP contribution in [0, 0.1) is 11.8 Å². The standard InChI is InChI=1S/C10H14F3NO3/c1-17-9(16)7-2-6(4-14-5-7)3-8(15)10(11,12)13/h6-7,14H,2-5H2,1H3. The Morgan fingerprint density at radius 2 is 2.00 bits per heavy atom. The van der Waals surface area contributed by atoms with Gasteiger partial charge < -0.3 is 10.1 Å². The molecule has 0 aromatic rings. The molecule has 1 aliphatic rings. The summed E-state index contributed by atoms with van der Waals surface area (Å²) in [6, 6.07) is 0. The van der Waals surface area contributed by atoms with Gasteiger partial charge in [-0.05, 0) is 18.9 Å². The molecule has 2 atom stereocenters. The predicted octanol–water partition coefficient (Wildman–Crippen LogP) is 0.907. The molecule has 2 unspecified atom stereocenters. The largest absolute Gasteiger partial charge is 0.469 e. The van der Waals surface area contributed by atoms with Crippen LogP contribution in [0.3, 0.4) is 0 Å². The molecule has 1 aliphatic heterocycles. The maximum absolute atomic E-state index is 12.1. The number of ketones is 1. The fourth-order valence-corrected chi connectivity index (χ4v) is 1.91. The maximum Gasteiger partial charge on any atom is 0.449 e. The normalized spacial score (nSPS) is 25.4. The number of methoxy groups -OCH3 is 1. The van der Waals surface area contributed by atoms with Gasteiger partial charge in [0, 0.05) is 13.0 Å². The third kappa shape index (κ3) is 3.99. The van der Waals surface area contributed by atoms with Crippen molar-refractivity contribution in [2.75, 3.05) is 20.2 Å². The number of carbonyl (C=O) groups is 2. The second kappa shape index (κ2) is 5.48. The second-order valence-electron chi connectivity index (χ2n) is 4.11. The number of halogens is 3. The van der Waals surface area contributed by atoms with Crippen LogP contribution in [0.2, 0.25) is 0 Å². The van der Waals surface area contributed by atoms with Crippen LogP contribution in [-0.2, 0) is 14.3 Å². The van der Waals surface area contributed by atoms with Gasteiger partial charge in [0.25, 0.3) is 0 Å². The number of Topliss-reactive ketones (excluding diaryl/α,β-unsaturated/α-hetero) is 1. The Bertz CT molecular complexity index is 304. The first-order valence-electron chi connectivity index (χ1n) is 5.23. The molecule has 1 rings (SSSR count). The lowest BCUT2D eigenvalue weighted by atomic mass is 9.87. The maximum atomic E-state index is 12.1. The van der Waals surface area contributed by atoms with Gasteiger partial charge in [0.15, 0.2) is 0 Å². The highest BCUT2D eigenvalue weighted by Crippen LogP contribution is 2.25. The summed E-state index contributed by atoms with van der Waals surface area (Å²) in [5.41, 5.74) is 0. The van der Waals surface area contributed by atoms with E-state index in [0.29, 0.717) is 13.1 Å². The van der Waals surface area contributed by atoms with E-state index in [-0.39, 0.29) is 6.42 Å². The Morgan fingerprint density at radius 3 is 2.53 bits per heavy atom. The number of esters is 1. The summed E-state index contributed by atoms with van der Waals surface area (Å²) in [4.78, 5) is 22.0. The van der Waals surface area contributed by atoms with Crippen LogP contribution in [0.5, 0.6) is 0 Å². The molecular weight excluding hydrogens is 239 g/mol. The fraction of sp³-hybridized carbons (Fsp3) is 0.800. The third-order valence-corrected chi connectivity index (χ3v) is 2.77. The van der Waals surface area contributed by atoms with E-state index in [2.05, 4.69) is 10.1 Å². The van der Waals surface area contributed by atoms with Crippen molar-refractivity contribution in [1.82, 2.24) is 5.32 Å². The van der Waals surface area contributed by atoms with E-state index in [1.54, 1.807) is 0 Å². The molecule has 1 fully saturated rings. The smallest absolute Gasteiger partial charge is 0.449 e. The topological polar surface area (TPSA) is 55.4 Å². The minimum Gasteiger partial charge on any atom is -0.469 e. The fourth-order valence-electron chi connectivity index (χ4n) is 1.91. The van der Waals surface area contributed by atoms with Crippen LogP contribution in [-0.4, -0.2) is 38.1 Å². The van der Waals surface area contributed by atoms with Gasteiger partial charge in [-0.2, -0.15) is 13.2 Å². The molecule has 7 heteroatoms.